The first-order chi connectivity index (χ1) is 13.8. The van der Waals surface area contributed by atoms with E-state index in [2.05, 4.69) is 6.58 Å². The number of likely N-dealkylation sites (N-methyl/N-ethyl adjacent to an activating group) is 1. The van der Waals surface area contributed by atoms with Crippen LogP contribution in [0.25, 0.3) is 6.08 Å². The van der Waals surface area contributed by atoms with E-state index in [0.29, 0.717) is 23.3 Å². The van der Waals surface area contributed by atoms with Crippen LogP contribution in [0.4, 0.5) is 5.69 Å². The maximum absolute atomic E-state index is 12.0. The van der Waals surface area contributed by atoms with Crippen molar-refractivity contribution in [2.75, 3.05) is 14.1 Å². The summed E-state index contributed by atoms with van der Waals surface area (Å²) in [6.45, 7) is 3.92. The number of hydrogen-bond donors (Lipinski definition) is 0. The molecule has 0 aliphatic rings. The highest BCUT2D eigenvalue weighted by atomic mass is 16.6. The van der Waals surface area contributed by atoms with Gasteiger partial charge in [0.25, 0.3) is 11.6 Å². The lowest BCUT2D eigenvalue weighted by Gasteiger charge is -2.12. The van der Waals surface area contributed by atoms with Crippen LogP contribution in [-0.4, -0.2) is 29.8 Å². The van der Waals surface area contributed by atoms with Gasteiger partial charge in [-0.3, -0.25) is 14.9 Å². The van der Waals surface area contributed by atoms with E-state index < -0.39 is 4.92 Å². The van der Waals surface area contributed by atoms with Gasteiger partial charge >= 0.3 is 0 Å². The Morgan fingerprint density at radius 2 is 2.07 bits per heavy atom. The summed E-state index contributed by atoms with van der Waals surface area (Å²) in [4.78, 5) is 23.8. The fourth-order valence-corrected chi connectivity index (χ4v) is 2.62. The average Bonchev–Trinajstić information content (AvgIpc) is 2.71. The number of nitrogens with zero attached hydrogens (tertiary/aromatic N) is 3. The van der Waals surface area contributed by atoms with Gasteiger partial charge in [0, 0.05) is 26.2 Å². The quantitative estimate of drug-likeness (QED) is 0.224. The Bertz CT molecular complexity index is 1000. The molecule has 0 heterocycles. The van der Waals surface area contributed by atoms with Gasteiger partial charge in [-0.25, -0.2) is 0 Å². The zero-order valence-corrected chi connectivity index (χ0v) is 16.3. The number of amides is 1. The monoisotopic (exact) mass is 391 g/mol. The molecule has 2 aromatic rings. The number of rotatable bonds is 8. The van der Waals surface area contributed by atoms with Gasteiger partial charge in [-0.1, -0.05) is 24.3 Å². The summed E-state index contributed by atoms with van der Waals surface area (Å²) >= 11 is 0. The molecule has 0 unspecified atom stereocenters. The lowest BCUT2D eigenvalue weighted by atomic mass is 10.0. The minimum Gasteiger partial charge on any atom is -0.489 e. The molecule has 0 atom stereocenters. The van der Waals surface area contributed by atoms with Crippen molar-refractivity contribution < 1.29 is 14.5 Å². The highest BCUT2D eigenvalue weighted by Crippen LogP contribution is 2.24. The number of carbonyl (C=O) groups excluding carboxylic acids is 1. The Hall–Kier alpha value is -3.92. The van der Waals surface area contributed by atoms with Gasteiger partial charge in [0.15, 0.2) is 0 Å². The first kappa shape index (κ1) is 21.4. The molecule has 0 saturated heterocycles. The second kappa shape index (κ2) is 9.85. The van der Waals surface area contributed by atoms with Crippen LogP contribution < -0.4 is 4.74 Å². The molecular formula is C22H21N3O4. The fourth-order valence-electron chi connectivity index (χ4n) is 2.62. The number of ether oxygens (including phenoxy) is 1. The molecule has 7 nitrogen and oxygen atoms in total. The van der Waals surface area contributed by atoms with E-state index >= 15 is 0 Å². The first-order valence-corrected chi connectivity index (χ1v) is 8.79. The molecule has 1 amide bonds. The molecule has 0 aliphatic heterocycles. The number of allylic oxidation sites excluding steroid dienone is 1. The van der Waals surface area contributed by atoms with Crippen molar-refractivity contribution in [1.29, 1.82) is 5.26 Å². The summed E-state index contributed by atoms with van der Waals surface area (Å²) < 4.78 is 5.85. The van der Waals surface area contributed by atoms with Gasteiger partial charge in [0.1, 0.15) is 24.0 Å². The summed E-state index contributed by atoms with van der Waals surface area (Å²) in [5.41, 5.74) is 2.23. The van der Waals surface area contributed by atoms with E-state index in [1.165, 1.54) is 23.1 Å². The van der Waals surface area contributed by atoms with E-state index in [-0.39, 0.29) is 23.8 Å². The predicted molar refractivity (Wildman–Crippen MR) is 110 cm³/mol. The molecule has 0 aliphatic carbocycles. The van der Waals surface area contributed by atoms with Gasteiger partial charge in [-0.2, -0.15) is 5.26 Å². The first-order valence-electron chi connectivity index (χ1n) is 8.79. The van der Waals surface area contributed by atoms with Gasteiger partial charge in [-0.15, -0.1) is 6.58 Å². The van der Waals surface area contributed by atoms with Crippen LogP contribution in [0.5, 0.6) is 5.75 Å². The largest absolute Gasteiger partial charge is 0.489 e. The zero-order valence-electron chi connectivity index (χ0n) is 16.3. The van der Waals surface area contributed by atoms with E-state index in [1.54, 1.807) is 44.4 Å². The van der Waals surface area contributed by atoms with Crippen molar-refractivity contribution in [3.05, 3.63) is 87.5 Å². The van der Waals surface area contributed by atoms with E-state index in [1.807, 2.05) is 12.1 Å². The third-order valence-electron chi connectivity index (χ3n) is 4.03. The lowest BCUT2D eigenvalue weighted by Crippen LogP contribution is -2.22. The van der Waals surface area contributed by atoms with Crippen molar-refractivity contribution in [1.82, 2.24) is 4.90 Å². The number of hydrogen-bond acceptors (Lipinski definition) is 5. The lowest BCUT2D eigenvalue weighted by molar-refractivity contribution is -0.384. The molecule has 148 valence electrons. The Morgan fingerprint density at radius 1 is 1.31 bits per heavy atom. The zero-order chi connectivity index (χ0) is 21.4. The fraction of sp³-hybridized carbons (Fsp3) is 0.182. The van der Waals surface area contributed by atoms with E-state index in [9.17, 15) is 20.2 Å². The minimum absolute atomic E-state index is 0.00694. The summed E-state index contributed by atoms with van der Waals surface area (Å²) in [5.74, 6) is 0.231. The van der Waals surface area contributed by atoms with Crippen molar-refractivity contribution in [2.45, 2.75) is 13.0 Å². The number of nitro benzene ring substituents is 1. The van der Waals surface area contributed by atoms with Crippen LogP contribution in [0, 0.1) is 21.4 Å². The molecule has 0 N–H and O–H groups in total. The normalized spacial score (nSPS) is 10.7. The predicted octanol–water partition coefficient (Wildman–Crippen LogP) is 3.90. The number of benzene rings is 2. The summed E-state index contributed by atoms with van der Waals surface area (Å²) in [7, 11) is 3.17. The standard InChI is InChI=1S/C22H21N3O4/c1-4-6-18-11-16(12-19(14-23)22(26)24(2)3)9-10-21(18)29-15-17-7-5-8-20(13-17)25(27)28/h4-5,7-13H,1,6,15H2,2-3H3/b19-12-. The molecule has 0 fully saturated rings. The minimum atomic E-state index is -0.449. The van der Waals surface area contributed by atoms with Gasteiger partial charge in [-0.05, 0) is 41.3 Å². The second-order valence-corrected chi connectivity index (χ2v) is 6.45. The van der Waals surface area contributed by atoms with E-state index in [4.69, 9.17) is 4.74 Å². The summed E-state index contributed by atoms with van der Waals surface area (Å²) in [5, 5.41) is 20.2. The SMILES string of the molecule is C=CCc1cc(/C=C(/C#N)C(=O)N(C)C)ccc1OCc1cccc([N+](=O)[O-])c1. The average molecular weight is 391 g/mol. The number of carbonyl (C=O) groups is 1. The van der Waals surface area contributed by atoms with Crippen LogP contribution in [0.3, 0.4) is 0 Å². The molecule has 0 radical (unpaired) electrons. The van der Waals surface area contributed by atoms with E-state index in [0.717, 1.165) is 5.56 Å². The molecule has 0 spiro atoms. The maximum Gasteiger partial charge on any atom is 0.269 e. The highest BCUT2D eigenvalue weighted by molar-refractivity contribution is 6.01. The van der Waals surface area contributed by atoms with Crippen LogP contribution in [-0.2, 0) is 17.8 Å². The van der Waals surface area contributed by atoms with Crippen molar-refractivity contribution in [2.24, 2.45) is 0 Å². The smallest absolute Gasteiger partial charge is 0.269 e. The molecule has 0 bridgehead atoms. The van der Waals surface area contributed by atoms with Crippen LogP contribution in [0.15, 0.2) is 60.7 Å². The highest BCUT2D eigenvalue weighted by Gasteiger charge is 2.12. The third kappa shape index (κ3) is 5.78. The van der Waals surface area contributed by atoms with Gasteiger partial charge < -0.3 is 9.64 Å². The van der Waals surface area contributed by atoms with Crippen molar-refractivity contribution in [3.8, 4) is 11.8 Å². The summed E-state index contributed by atoms with van der Waals surface area (Å²) in [6, 6.07) is 13.5. The van der Waals surface area contributed by atoms with Gasteiger partial charge in [0.2, 0.25) is 0 Å². The topological polar surface area (TPSA) is 96.5 Å². The number of nitro groups is 1. The molecule has 7 heteroatoms. The third-order valence-corrected chi connectivity index (χ3v) is 4.03. The van der Waals surface area contributed by atoms with Crippen LogP contribution in [0.2, 0.25) is 0 Å². The van der Waals surface area contributed by atoms with Crippen LogP contribution >= 0.6 is 0 Å². The second-order valence-electron chi connectivity index (χ2n) is 6.45. The van der Waals surface area contributed by atoms with Crippen LogP contribution in [0.1, 0.15) is 16.7 Å². The maximum atomic E-state index is 12.0. The Morgan fingerprint density at radius 3 is 2.69 bits per heavy atom. The van der Waals surface area contributed by atoms with Crippen molar-refractivity contribution >= 4 is 17.7 Å². The molecule has 2 aromatic carbocycles. The Labute approximate surface area is 169 Å². The van der Waals surface area contributed by atoms with Crippen molar-refractivity contribution in [3.63, 3.8) is 0 Å². The number of non-ortho nitro benzene ring substituents is 1. The van der Waals surface area contributed by atoms with Gasteiger partial charge in [0.05, 0.1) is 4.92 Å². The molecule has 0 aromatic heterocycles. The Kier molecular flexibility index (Phi) is 7.26. The molecule has 0 saturated carbocycles. The Balaban J connectivity index is 2.27. The molecule has 29 heavy (non-hydrogen) atoms. The molecule has 2 rings (SSSR count). The number of nitriles is 1. The molecular weight excluding hydrogens is 370 g/mol. The summed E-state index contributed by atoms with van der Waals surface area (Å²) in [6.07, 6.45) is 3.77.